The van der Waals surface area contributed by atoms with Crippen LogP contribution in [0.5, 0.6) is 0 Å². The van der Waals surface area contributed by atoms with Gasteiger partial charge >= 0.3 is 0 Å². The topological polar surface area (TPSA) is 0 Å². The van der Waals surface area contributed by atoms with Gasteiger partial charge in [-0.05, 0) is 40.7 Å². The number of rotatable bonds is 3. The number of halogens is 1. The monoisotopic (exact) mass is 356 g/mol. The van der Waals surface area contributed by atoms with Gasteiger partial charge in [-0.1, -0.05) is 81.5 Å². The van der Waals surface area contributed by atoms with Crippen molar-refractivity contribution in [2.45, 2.75) is 62.2 Å². The molecule has 1 aliphatic carbocycles. The molecule has 0 saturated heterocycles. The first-order valence-corrected chi connectivity index (χ1v) is 8.25. The van der Waals surface area contributed by atoms with Gasteiger partial charge < -0.3 is 0 Å². The molecular weight excluding hydrogens is 331 g/mol. The Hall–Kier alpha value is -0.0500. The fourth-order valence-electron chi connectivity index (χ4n) is 3.10. The first-order chi connectivity index (χ1) is 8.25. The molecule has 0 nitrogen and oxygen atoms in total. The van der Waals surface area contributed by atoms with E-state index in [2.05, 4.69) is 81.5 Å². The Morgan fingerprint density at radius 1 is 1.28 bits per heavy atom. The molecule has 0 aromatic heterocycles. The molecule has 1 aromatic carbocycles. The van der Waals surface area contributed by atoms with Crippen LogP contribution >= 0.6 is 22.6 Å². The van der Waals surface area contributed by atoms with Crippen molar-refractivity contribution in [3.8, 4) is 0 Å². The molecule has 3 unspecified atom stereocenters. The maximum Gasteiger partial charge on any atom is 0.00899 e. The van der Waals surface area contributed by atoms with Gasteiger partial charge in [0.15, 0.2) is 0 Å². The van der Waals surface area contributed by atoms with E-state index >= 15 is 0 Å². The van der Waals surface area contributed by atoms with Crippen molar-refractivity contribution in [1.29, 1.82) is 0 Å². The Morgan fingerprint density at radius 3 is 2.11 bits per heavy atom. The van der Waals surface area contributed by atoms with Gasteiger partial charge in [0.05, 0.1) is 0 Å². The van der Waals surface area contributed by atoms with Crippen molar-refractivity contribution in [1.82, 2.24) is 0 Å². The van der Waals surface area contributed by atoms with E-state index in [-0.39, 0.29) is 5.41 Å². The quantitative estimate of drug-likeness (QED) is 0.497. The second-order valence-electron chi connectivity index (χ2n) is 7.07. The Kier molecular flexibility index (Phi) is 3.84. The molecule has 1 aliphatic rings. The number of hydrogen-bond donors (Lipinski definition) is 0. The van der Waals surface area contributed by atoms with E-state index in [9.17, 15) is 0 Å². The molecule has 0 amide bonds. The van der Waals surface area contributed by atoms with Crippen molar-refractivity contribution < 1.29 is 0 Å². The lowest BCUT2D eigenvalue weighted by Gasteiger charge is -2.23. The van der Waals surface area contributed by atoms with Crippen LogP contribution in [0.3, 0.4) is 0 Å². The Balaban J connectivity index is 2.24. The third-order valence-corrected chi connectivity index (χ3v) is 4.87. The second kappa shape index (κ2) is 4.81. The summed E-state index contributed by atoms with van der Waals surface area (Å²) in [5, 5.41) is 0. The molecule has 0 aliphatic heterocycles. The lowest BCUT2D eigenvalue weighted by atomic mass is 9.83. The zero-order chi connectivity index (χ0) is 13.6. The van der Waals surface area contributed by atoms with Gasteiger partial charge in [-0.3, -0.25) is 0 Å². The Labute approximate surface area is 126 Å². The average molecular weight is 356 g/mol. The predicted octanol–water partition coefficient (Wildman–Crippen LogP) is 5.48. The summed E-state index contributed by atoms with van der Waals surface area (Å²) >= 11 is 2.56. The van der Waals surface area contributed by atoms with E-state index in [0.29, 0.717) is 5.41 Å². The highest BCUT2D eigenvalue weighted by Gasteiger charge is 2.52. The normalized spacial score (nSPS) is 29.1. The molecule has 1 aromatic rings. The van der Waals surface area contributed by atoms with E-state index in [4.69, 9.17) is 0 Å². The number of benzene rings is 1. The Bertz CT molecular complexity index is 410. The minimum atomic E-state index is 0.261. The summed E-state index contributed by atoms with van der Waals surface area (Å²) in [5.41, 5.74) is 3.75. The van der Waals surface area contributed by atoms with Crippen LogP contribution < -0.4 is 0 Å². The van der Waals surface area contributed by atoms with E-state index in [1.54, 1.807) is 5.56 Å². The van der Waals surface area contributed by atoms with Crippen LogP contribution in [0.2, 0.25) is 0 Å². The van der Waals surface area contributed by atoms with Crippen molar-refractivity contribution in [2.75, 3.05) is 0 Å². The predicted molar refractivity (Wildman–Crippen MR) is 88.7 cm³/mol. The SMILES string of the molecule is CC(I)CC1(c2ccc(C(C)(C)C)cc2)CC1C. The highest BCUT2D eigenvalue weighted by Crippen LogP contribution is 2.57. The largest absolute Gasteiger partial charge is 0.0829 e. The number of alkyl halides is 1. The van der Waals surface area contributed by atoms with Gasteiger partial charge in [0.2, 0.25) is 0 Å². The van der Waals surface area contributed by atoms with Gasteiger partial charge in [0.25, 0.3) is 0 Å². The van der Waals surface area contributed by atoms with Crippen molar-refractivity contribution in [3.63, 3.8) is 0 Å². The van der Waals surface area contributed by atoms with Gasteiger partial charge in [-0.2, -0.15) is 0 Å². The summed E-state index contributed by atoms with van der Waals surface area (Å²) < 4.78 is 0.759. The second-order valence-corrected chi connectivity index (χ2v) is 9.20. The summed E-state index contributed by atoms with van der Waals surface area (Å²) in [7, 11) is 0. The van der Waals surface area contributed by atoms with Crippen LogP contribution in [0.15, 0.2) is 24.3 Å². The van der Waals surface area contributed by atoms with Crippen LogP contribution in [0.1, 0.15) is 58.6 Å². The molecular formula is C17H25I. The first kappa shape index (κ1) is 14.4. The zero-order valence-corrected chi connectivity index (χ0v) is 14.4. The molecule has 0 spiro atoms. The molecule has 1 heteroatoms. The maximum atomic E-state index is 2.56. The molecule has 0 radical (unpaired) electrons. The van der Waals surface area contributed by atoms with E-state index in [1.165, 1.54) is 18.4 Å². The maximum absolute atomic E-state index is 2.56. The minimum Gasteiger partial charge on any atom is -0.0829 e. The van der Waals surface area contributed by atoms with E-state index in [1.807, 2.05) is 0 Å². The lowest BCUT2D eigenvalue weighted by Crippen LogP contribution is -2.15. The van der Waals surface area contributed by atoms with Crippen LogP contribution in [0.25, 0.3) is 0 Å². The van der Waals surface area contributed by atoms with E-state index < -0.39 is 0 Å². The zero-order valence-electron chi connectivity index (χ0n) is 12.3. The molecule has 0 N–H and O–H groups in total. The Morgan fingerprint density at radius 2 is 1.78 bits per heavy atom. The standard InChI is InChI=1S/C17H25I/c1-12-10-17(12,11-13(2)18)15-8-6-14(7-9-15)16(3,4)5/h6-9,12-13H,10-11H2,1-5H3. The van der Waals surface area contributed by atoms with Crippen molar-refractivity contribution >= 4 is 22.6 Å². The summed E-state index contributed by atoms with van der Waals surface area (Å²) in [4.78, 5) is 0. The van der Waals surface area contributed by atoms with Crippen LogP contribution in [-0.4, -0.2) is 3.92 Å². The third kappa shape index (κ3) is 2.76. The summed E-state index contributed by atoms with van der Waals surface area (Å²) in [6.07, 6.45) is 2.69. The molecule has 0 bridgehead atoms. The fraction of sp³-hybridized carbons (Fsp3) is 0.647. The van der Waals surface area contributed by atoms with Crippen LogP contribution in [-0.2, 0) is 10.8 Å². The molecule has 1 fully saturated rings. The molecule has 100 valence electrons. The summed E-state index contributed by atoms with van der Waals surface area (Å²) in [6, 6.07) is 9.42. The first-order valence-electron chi connectivity index (χ1n) is 7.01. The molecule has 18 heavy (non-hydrogen) atoms. The fourth-order valence-corrected chi connectivity index (χ4v) is 3.88. The summed E-state index contributed by atoms with van der Waals surface area (Å²) in [5.74, 6) is 0.857. The van der Waals surface area contributed by atoms with Crippen LogP contribution in [0.4, 0.5) is 0 Å². The van der Waals surface area contributed by atoms with Gasteiger partial charge in [0, 0.05) is 3.92 Å². The highest BCUT2D eigenvalue weighted by atomic mass is 127. The highest BCUT2D eigenvalue weighted by molar-refractivity contribution is 14.1. The van der Waals surface area contributed by atoms with Crippen LogP contribution in [0, 0.1) is 5.92 Å². The molecule has 0 heterocycles. The third-order valence-electron chi connectivity index (χ3n) is 4.43. The average Bonchev–Trinajstić information content (AvgIpc) is 2.88. The molecule has 2 rings (SSSR count). The number of hydrogen-bond acceptors (Lipinski definition) is 0. The van der Waals surface area contributed by atoms with Gasteiger partial charge in [-0.15, -0.1) is 0 Å². The van der Waals surface area contributed by atoms with Crippen molar-refractivity contribution in [2.24, 2.45) is 5.92 Å². The minimum absolute atomic E-state index is 0.261. The molecule has 3 atom stereocenters. The van der Waals surface area contributed by atoms with Crippen molar-refractivity contribution in [3.05, 3.63) is 35.4 Å². The smallest absolute Gasteiger partial charge is 0.00899 e. The lowest BCUT2D eigenvalue weighted by molar-refractivity contribution is 0.571. The van der Waals surface area contributed by atoms with E-state index in [0.717, 1.165) is 9.84 Å². The molecule has 1 saturated carbocycles. The van der Waals surface area contributed by atoms with Gasteiger partial charge in [0.1, 0.15) is 0 Å². The summed E-state index contributed by atoms with van der Waals surface area (Å²) in [6.45, 7) is 11.6. The van der Waals surface area contributed by atoms with Gasteiger partial charge in [-0.25, -0.2) is 0 Å².